The molecule has 0 aliphatic rings. The van der Waals surface area contributed by atoms with Crippen molar-refractivity contribution in [3.63, 3.8) is 0 Å². The van der Waals surface area contributed by atoms with Crippen molar-refractivity contribution in [3.05, 3.63) is 59.5 Å². The number of aromatic nitrogens is 2. The third-order valence-corrected chi connectivity index (χ3v) is 3.58. The van der Waals surface area contributed by atoms with Crippen LogP contribution in [0.4, 0.5) is 11.5 Å². The van der Waals surface area contributed by atoms with E-state index in [9.17, 15) is 0 Å². The van der Waals surface area contributed by atoms with Gasteiger partial charge in [-0.1, -0.05) is 48.9 Å². The maximum Gasteiger partial charge on any atom is 0.138 e. The average Bonchev–Trinajstić information content (AvgIpc) is 2.47. The first-order chi connectivity index (χ1) is 9.78. The summed E-state index contributed by atoms with van der Waals surface area (Å²) in [5.74, 6) is 0.766. The van der Waals surface area contributed by atoms with E-state index in [1.54, 1.807) is 0 Å². The van der Waals surface area contributed by atoms with E-state index < -0.39 is 0 Å². The molecule has 1 N–H and O–H groups in total. The fraction of sp³-hybridized carbons (Fsp3) is 0.125. The maximum absolute atomic E-state index is 6.10. The van der Waals surface area contributed by atoms with E-state index in [1.165, 1.54) is 17.1 Å². The zero-order valence-corrected chi connectivity index (χ0v) is 11.9. The molecule has 4 heteroatoms. The maximum atomic E-state index is 6.10. The van der Waals surface area contributed by atoms with Crippen LogP contribution >= 0.6 is 11.6 Å². The lowest BCUT2D eigenvalue weighted by molar-refractivity contribution is 1.05. The van der Waals surface area contributed by atoms with Crippen LogP contribution in [0, 0.1) is 0 Å². The molecule has 20 heavy (non-hydrogen) atoms. The molecule has 0 fully saturated rings. The van der Waals surface area contributed by atoms with Crippen molar-refractivity contribution in [2.45, 2.75) is 13.3 Å². The summed E-state index contributed by atoms with van der Waals surface area (Å²) in [7, 11) is 0. The normalized spacial score (nSPS) is 10.7. The van der Waals surface area contributed by atoms with Gasteiger partial charge in [0.2, 0.25) is 0 Å². The summed E-state index contributed by atoms with van der Waals surface area (Å²) in [5, 5.41) is 6.23. The van der Waals surface area contributed by atoms with Crippen LogP contribution in [0.3, 0.4) is 0 Å². The monoisotopic (exact) mass is 283 g/mol. The van der Waals surface area contributed by atoms with Gasteiger partial charge < -0.3 is 5.32 Å². The Labute approximate surface area is 122 Å². The topological polar surface area (TPSA) is 37.8 Å². The Morgan fingerprint density at radius 3 is 2.65 bits per heavy atom. The molecule has 1 aromatic heterocycles. The first kappa shape index (κ1) is 12.9. The summed E-state index contributed by atoms with van der Waals surface area (Å²) in [6.45, 7) is 2.04. The van der Waals surface area contributed by atoms with Crippen molar-refractivity contribution in [2.75, 3.05) is 5.32 Å². The number of rotatable bonds is 3. The minimum atomic E-state index is 0.505. The molecule has 2 aromatic carbocycles. The highest BCUT2D eigenvalue weighted by molar-refractivity contribution is 6.30. The number of fused-ring (bicyclic) bond motifs is 1. The first-order valence-corrected chi connectivity index (χ1v) is 6.91. The summed E-state index contributed by atoms with van der Waals surface area (Å²) in [4.78, 5) is 8.30. The van der Waals surface area contributed by atoms with Crippen molar-refractivity contribution in [1.29, 1.82) is 0 Å². The van der Waals surface area contributed by atoms with Crippen molar-refractivity contribution in [2.24, 2.45) is 0 Å². The Morgan fingerprint density at radius 1 is 1.05 bits per heavy atom. The predicted molar refractivity (Wildman–Crippen MR) is 83.7 cm³/mol. The fourth-order valence-electron chi connectivity index (χ4n) is 2.22. The van der Waals surface area contributed by atoms with Gasteiger partial charge in [0.1, 0.15) is 17.3 Å². The highest BCUT2D eigenvalue weighted by atomic mass is 35.5. The van der Waals surface area contributed by atoms with Crippen LogP contribution in [0.15, 0.2) is 48.8 Å². The molecule has 0 amide bonds. The van der Waals surface area contributed by atoms with Gasteiger partial charge in [-0.3, -0.25) is 0 Å². The van der Waals surface area contributed by atoms with Crippen molar-refractivity contribution >= 4 is 33.9 Å². The van der Waals surface area contributed by atoms with Gasteiger partial charge >= 0.3 is 0 Å². The molecule has 3 nitrogen and oxygen atoms in total. The quantitative estimate of drug-likeness (QED) is 0.715. The molecule has 3 aromatic rings. The Morgan fingerprint density at radius 2 is 1.85 bits per heavy atom. The Hall–Kier alpha value is -2.13. The van der Waals surface area contributed by atoms with Crippen LogP contribution in [0.5, 0.6) is 0 Å². The third-order valence-electron chi connectivity index (χ3n) is 3.26. The fourth-order valence-corrected chi connectivity index (χ4v) is 2.48. The number of halogens is 1. The molecule has 0 spiro atoms. The highest BCUT2D eigenvalue weighted by Gasteiger charge is 2.08. The minimum absolute atomic E-state index is 0.505. The van der Waals surface area contributed by atoms with Gasteiger partial charge in [0.25, 0.3) is 0 Å². The summed E-state index contributed by atoms with van der Waals surface area (Å²) in [5.41, 5.74) is 1.93. The smallest absolute Gasteiger partial charge is 0.138 e. The molecule has 0 atom stereocenters. The number of nitrogens with zero attached hydrogens (tertiary/aromatic N) is 2. The van der Waals surface area contributed by atoms with Crippen LogP contribution in [-0.4, -0.2) is 9.97 Å². The van der Waals surface area contributed by atoms with E-state index in [0.717, 1.165) is 23.5 Å². The van der Waals surface area contributed by atoms with Gasteiger partial charge in [0, 0.05) is 11.3 Å². The summed E-state index contributed by atoms with van der Waals surface area (Å²) < 4.78 is 0. The summed E-state index contributed by atoms with van der Waals surface area (Å²) in [6, 6.07) is 14.5. The Kier molecular flexibility index (Phi) is 3.52. The summed E-state index contributed by atoms with van der Waals surface area (Å²) in [6.07, 6.45) is 2.26. The molecular weight excluding hydrogens is 270 g/mol. The average molecular weight is 284 g/mol. The van der Waals surface area contributed by atoms with Crippen LogP contribution < -0.4 is 5.32 Å². The molecule has 0 saturated carbocycles. The zero-order chi connectivity index (χ0) is 13.9. The van der Waals surface area contributed by atoms with E-state index in [2.05, 4.69) is 39.6 Å². The Bertz CT molecular complexity index is 756. The lowest BCUT2D eigenvalue weighted by atomic mass is 10.1. The van der Waals surface area contributed by atoms with Crippen LogP contribution in [0.25, 0.3) is 10.8 Å². The van der Waals surface area contributed by atoms with Gasteiger partial charge in [-0.25, -0.2) is 9.97 Å². The SMILES string of the molecule is CCc1c(Cl)ncnc1Nc1ccc2ccccc2c1. The minimum Gasteiger partial charge on any atom is -0.340 e. The molecule has 0 radical (unpaired) electrons. The van der Waals surface area contributed by atoms with Gasteiger partial charge in [-0.05, 0) is 29.3 Å². The molecule has 0 bridgehead atoms. The Balaban J connectivity index is 1.99. The second-order valence-corrected chi connectivity index (χ2v) is 4.89. The van der Waals surface area contributed by atoms with Crippen molar-refractivity contribution in [1.82, 2.24) is 9.97 Å². The predicted octanol–water partition coefficient (Wildman–Crippen LogP) is 4.59. The van der Waals surface area contributed by atoms with Gasteiger partial charge in [-0.15, -0.1) is 0 Å². The molecule has 0 saturated heterocycles. The van der Waals surface area contributed by atoms with Crippen molar-refractivity contribution in [3.8, 4) is 0 Å². The van der Waals surface area contributed by atoms with E-state index >= 15 is 0 Å². The molecule has 100 valence electrons. The second kappa shape index (κ2) is 5.47. The van der Waals surface area contributed by atoms with E-state index in [1.807, 2.05) is 25.1 Å². The number of hydrogen-bond acceptors (Lipinski definition) is 3. The summed E-state index contributed by atoms with van der Waals surface area (Å²) >= 11 is 6.10. The molecule has 0 aliphatic carbocycles. The first-order valence-electron chi connectivity index (χ1n) is 6.53. The number of anilines is 2. The number of nitrogens with one attached hydrogen (secondary N) is 1. The van der Waals surface area contributed by atoms with E-state index in [0.29, 0.717) is 5.15 Å². The van der Waals surface area contributed by atoms with Crippen LogP contribution in [0.1, 0.15) is 12.5 Å². The van der Waals surface area contributed by atoms with Gasteiger partial charge in [-0.2, -0.15) is 0 Å². The van der Waals surface area contributed by atoms with E-state index in [4.69, 9.17) is 11.6 Å². The molecule has 0 aliphatic heterocycles. The highest BCUT2D eigenvalue weighted by Crippen LogP contribution is 2.25. The lowest BCUT2D eigenvalue weighted by Gasteiger charge is -2.11. The number of benzene rings is 2. The standard InChI is InChI=1S/C16H14ClN3/c1-2-14-15(17)18-10-19-16(14)20-13-8-7-11-5-3-4-6-12(11)9-13/h3-10H,2H2,1H3,(H,18,19,20). The molecule has 3 rings (SSSR count). The molecule has 0 unspecified atom stereocenters. The van der Waals surface area contributed by atoms with Gasteiger partial charge in [0.15, 0.2) is 0 Å². The molecular formula is C16H14ClN3. The van der Waals surface area contributed by atoms with Crippen LogP contribution in [-0.2, 0) is 6.42 Å². The lowest BCUT2D eigenvalue weighted by Crippen LogP contribution is -2.00. The van der Waals surface area contributed by atoms with Crippen LogP contribution in [0.2, 0.25) is 5.15 Å². The van der Waals surface area contributed by atoms with Crippen molar-refractivity contribution < 1.29 is 0 Å². The largest absolute Gasteiger partial charge is 0.340 e. The third kappa shape index (κ3) is 2.45. The number of hydrogen-bond donors (Lipinski definition) is 1. The van der Waals surface area contributed by atoms with Gasteiger partial charge in [0.05, 0.1) is 0 Å². The zero-order valence-electron chi connectivity index (χ0n) is 11.1. The molecule has 1 heterocycles. The van der Waals surface area contributed by atoms with E-state index in [-0.39, 0.29) is 0 Å². The second-order valence-electron chi connectivity index (χ2n) is 4.53.